The highest BCUT2D eigenvalue weighted by atomic mass is 16.5. The minimum absolute atomic E-state index is 0.0739. The summed E-state index contributed by atoms with van der Waals surface area (Å²) in [7, 11) is 0. The van der Waals surface area contributed by atoms with E-state index in [1.54, 1.807) is 6.08 Å². The summed E-state index contributed by atoms with van der Waals surface area (Å²) in [4.78, 5) is 21.1. The van der Waals surface area contributed by atoms with Crippen molar-refractivity contribution < 1.29 is 14.3 Å². The summed E-state index contributed by atoms with van der Waals surface area (Å²) in [6.45, 7) is 1.28. The molecule has 0 aromatic rings. The second kappa shape index (κ2) is 2.64. The molecule has 0 heterocycles. The molecule has 3 nitrogen and oxygen atoms in total. The lowest BCUT2D eigenvalue weighted by molar-refractivity contribution is -0.139. The van der Waals surface area contributed by atoms with E-state index < -0.39 is 5.97 Å². The summed E-state index contributed by atoms with van der Waals surface area (Å²) in [5.74, 6) is -0.288. The van der Waals surface area contributed by atoms with E-state index in [9.17, 15) is 9.59 Å². The second-order valence-corrected chi connectivity index (χ2v) is 2.12. The van der Waals surface area contributed by atoms with Crippen molar-refractivity contribution in [3.8, 4) is 0 Å². The Labute approximate surface area is 58.7 Å². The van der Waals surface area contributed by atoms with Crippen LogP contribution in [0, 0.1) is 0 Å². The predicted molar refractivity (Wildman–Crippen MR) is 34.1 cm³/mol. The Morgan fingerprint density at radius 1 is 1.70 bits per heavy atom. The minimum Gasteiger partial charge on any atom is -0.423 e. The lowest BCUT2D eigenvalue weighted by atomic mass is 10.3. The van der Waals surface area contributed by atoms with Gasteiger partial charge < -0.3 is 4.74 Å². The fourth-order valence-corrected chi connectivity index (χ4v) is 0.825. The monoisotopic (exact) mass is 140 g/mol. The van der Waals surface area contributed by atoms with Crippen molar-refractivity contribution in [1.82, 2.24) is 0 Å². The number of carbonyl (C=O) groups excluding carboxylic acids is 2. The van der Waals surface area contributed by atoms with Crippen LogP contribution in [0.5, 0.6) is 0 Å². The van der Waals surface area contributed by atoms with Gasteiger partial charge in [0.15, 0.2) is 11.5 Å². The molecule has 0 atom stereocenters. The van der Waals surface area contributed by atoms with Crippen molar-refractivity contribution in [2.45, 2.75) is 19.8 Å². The third-order valence-corrected chi connectivity index (χ3v) is 1.23. The number of hydrogen-bond acceptors (Lipinski definition) is 3. The van der Waals surface area contributed by atoms with Crippen LogP contribution in [0.25, 0.3) is 0 Å². The van der Waals surface area contributed by atoms with E-state index in [0.717, 1.165) is 0 Å². The van der Waals surface area contributed by atoms with E-state index >= 15 is 0 Å². The fourth-order valence-electron chi connectivity index (χ4n) is 0.825. The molecule has 1 aliphatic carbocycles. The van der Waals surface area contributed by atoms with Gasteiger partial charge in [0, 0.05) is 13.3 Å². The summed E-state index contributed by atoms with van der Waals surface area (Å²) < 4.78 is 4.60. The Hall–Kier alpha value is -1.12. The fraction of sp³-hybridized carbons (Fsp3) is 0.429. The summed E-state index contributed by atoms with van der Waals surface area (Å²) in [5, 5.41) is 0. The Morgan fingerprint density at radius 2 is 2.40 bits per heavy atom. The molecular formula is C7H8O3. The van der Waals surface area contributed by atoms with Gasteiger partial charge in [-0.05, 0) is 12.5 Å². The average molecular weight is 140 g/mol. The Morgan fingerprint density at radius 3 is 2.80 bits per heavy atom. The van der Waals surface area contributed by atoms with Crippen molar-refractivity contribution in [3.05, 3.63) is 11.8 Å². The van der Waals surface area contributed by atoms with E-state index in [1.807, 2.05) is 0 Å². The predicted octanol–water partition coefficient (Wildman–Crippen LogP) is 0.796. The molecular weight excluding hydrogens is 132 g/mol. The van der Waals surface area contributed by atoms with Gasteiger partial charge in [0.25, 0.3) is 0 Å². The molecule has 0 spiro atoms. The number of ether oxygens (including phenoxy) is 1. The third-order valence-electron chi connectivity index (χ3n) is 1.23. The van der Waals surface area contributed by atoms with Gasteiger partial charge in [-0.15, -0.1) is 0 Å². The number of ketones is 1. The first-order chi connectivity index (χ1) is 4.70. The highest BCUT2D eigenvalue weighted by Gasteiger charge is 2.17. The first-order valence-corrected chi connectivity index (χ1v) is 3.12. The lowest BCUT2D eigenvalue weighted by Gasteiger charge is -1.97. The number of esters is 1. The van der Waals surface area contributed by atoms with Crippen LogP contribution in [0.15, 0.2) is 11.8 Å². The van der Waals surface area contributed by atoms with Crippen LogP contribution in [0.4, 0.5) is 0 Å². The quantitative estimate of drug-likeness (QED) is 0.506. The molecule has 0 saturated carbocycles. The van der Waals surface area contributed by atoms with E-state index in [4.69, 9.17) is 0 Å². The number of hydrogen-bond donors (Lipinski definition) is 0. The van der Waals surface area contributed by atoms with Gasteiger partial charge in [-0.1, -0.05) is 0 Å². The standard InChI is InChI=1S/C7H8O3/c1-5(8)10-7-4-2-3-6(7)9/h4H,2-3H2,1H3. The molecule has 3 heteroatoms. The summed E-state index contributed by atoms with van der Waals surface area (Å²) in [6.07, 6.45) is 2.81. The highest BCUT2D eigenvalue weighted by Crippen LogP contribution is 2.14. The second-order valence-electron chi connectivity index (χ2n) is 2.12. The number of Topliss-reactive ketones (excluding diaryl/α,β-unsaturated/α-hetero) is 1. The molecule has 0 amide bonds. The molecule has 54 valence electrons. The van der Waals surface area contributed by atoms with Crippen molar-refractivity contribution in [3.63, 3.8) is 0 Å². The smallest absolute Gasteiger partial charge is 0.308 e. The van der Waals surface area contributed by atoms with Gasteiger partial charge in [-0.25, -0.2) is 0 Å². The van der Waals surface area contributed by atoms with Gasteiger partial charge in [0.05, 0.1) is 0 Å². The minimum atomic E-state index is -0.429. The number of carbonyl (C=O) groups is 2. The lowest BCUT2D eigenvalue weighted by Crippen LogP contribution is -2.04. The van der Waals surface area contributed by atoms with Crippen LogP contribution in [-0.2, 0) is 14.3 Å². The zero-order chi connectivity index (χ0) is 7.56. The molecule has 0 aliphatic heterocycles. The largest absolute Gasteiger partial charge is 0.423 e. The molecule has 0 aromatic carbocycles. The first kappa shape index (κ1) is 6.99. The number of allylic oxidation sites excluding steroid dienone is 2. The van der Waals surface area contributed by atoms with E-state index in [-0.39, 0.29) is 11.5 Å². The molecule has 1 aliphatic rings. The highest BCUT2D eigenvalue weighted by molar-refractivity contribution is 5.97. The van der Waals surface area contributed by atoms with Crippen LogP contribution in [0.1, 0.15) is 19.8 Å². The topological polar surface area (TPSA) is 43.4 Å². The van der Waals surface area contributed by atoms with Gasteiger partial charge in [0.1, 0.15) is 0 Å². The van der Waals surface area contributed by atoms with Crippen molar-refractivity contribution in [1.29, 1.82) is 0 Å². The Bertz CT molecular complexity index is 203. The zero-order valence-electron chi connectivity index (χ0n) is 5.72. The Balaban J connectivity index is 2.56. The molecule has 0 N–H and O–H groups in total. The maximum atomic E-state index is 10.8. The van der Waals surface area contributed by atoms with Gasteiger partial charge in [0.2, 0.25) is 0 Å². The Kier molecular flexibility index (Phi) is 1.85. The average Bonchev–Trinajstić information content (AvgIpc) is 2.15. The first-order valence-electron chi connectivity index (χ1n) is 3.12. The van der Waals surface area contributed by atoms with Gasteiger partial charge in [-0.2, -0.15) is 0 Å². The zero-order valence-corrected chi connectivity index (χ0v) is 5.72. The normalized spacial score (nSPS) is 16.9. The molecule has 0 aromatic heterocycles. The maximum Gasteiger partial charge on any atom is 0.308 e. The van der Waals surface area contributed by atoms with E-state index in [0.29, 0.717) is 12.8 Å². The van der Waals surface area contributed by atoms with Crippen LogP contribution >= 0.6 is 0 Å². The number of rotatable bonds is 1. The molecule has 10 heavy (non-hydrogen) atoms. The van der Waals surface area contributed by atoms with E-state index in [2.05, 4.69) is 4.74 Å². The maximum absolute atomic E-state index is 10.8. The van der Waals surface area contributed by atoms with Crippen molar-refractivity contribution in [2.24, 2.45) is 0 Å². The van der Waals surface area contributed by atoms with Gasteiger partial charge >= 0.3 is 5.97 Å². The molecule has 0 radical (unpaired) electrons. The van der Waals surface area contributed by atoms with Crippen molar-refractivity contribution >= 4 is 11.8 Å². The summed E-state index contributed by atoms with van der Waals surface area (Å²) in [6, 6.07) is 0. The van der Waals surface area contributed by atoms with Crippen LogP contribution < -0.4 is 0 Å². The molecule has 0 fully saturated rings. The van der Waals surface area contributed by atoms with Gasteiger partial charge in [-0.3, -0.25) is 9.59 Å². The summed E-state index contributed by atoms with van der Waals surface area (Å²) >= 11 is 0. The van der Waals surface area contributed by atoms with Crippen LogP contribution in [0.2, 0.25) is 0 Å². The van der Waals surface area contributed by atoms with Crippen LogP contribution in [0.3, 0.4) is 0 Å². The molecule has 0 unspecified atom stereocenters. The molecule has 1 rings (SSSR count). The molecule has 0 saturated heterocycles. The molecule has 0 bridgehead atoms. The SMILES string of the molecule is CC(=O)OC1=CCCC1=O. The van der Waals surface area contributed by atoms with Crippen LogP contribution in [-0.4, -0.2) is 11.8 Å². The van der Waals surface area contributed by atoms with E-state index in [1.165, 1.54) is 6.92 Å². The van der Waals surface area contributed by atoms with Crippen molar-refractivity contribution in [2.75, 3.05) is 0 Å². The summed E-state index contributed by atoms with van der Waals surface area (Å²) in [5.41, 5.74) is 0. The third kappa shape index (κ3) is 1.43.